The smallest absolute Gasteiger partial charge is 0.357 e. The summed E-state index contributed by atoms with van der Waals surface area (Å²) in [5.41, 5.74) is -0.324. The monoisotopic (exact) mass is 380 g/mol. The zero-order chi connectivity index (χ0) is 20.0. The third kappa shape index (κ3) is 5.67. The number of carbonyl (C=O) groups excluding carboxylic acids is 1. The topological polar surface area (TPSA) is 58.1 Å². The molecule has 0 aliphatic heterocycles. The lowest BCUT2D eigenvalue weighted by Gasteiger charge is -2.23. The van der Waals surface area contributed by atoms with Crippen molar-refractivity contribution in [1.29, 1.82) is 0 Å². The van der Waals surface area contributed by atoms with E-state index in [1.54, 1.807) is 13.0 Å². The average molecular weight is 380 g/mol. The molecule has 8 heteroatoms. The fourth-order valence-corrected chi connectivity index (χ4v) is 2.65. The molecule has 1 amide bonds. The highest BCUT2D eigenvalue weighted by Gasteiger charge is 2.30. The van der Waals surface area contributed by atoms with Gasteiger partial charge in [0.1, 0.15) is 17.3 Å². The molecule has 27 heavy (non-hydrogen) atoms. The highest BCUT2D eigenvalue weighted by molar-refractivity contribution is 6.03. The van der Waals surface area contributed by atoms with Crippen LogP contribution >= 0.6 is 0 Å². The van der Waals surface area contributed by atoms with Crippen molar-refractivity contribution in [2.24, 2.45) is 0 Å². The zero-order valence-corrected chi connectivity index (χ0v) is 15.6. The van der Waals surface area contributed by atoms with Crippen LogP contribution in [-0.2, 0) is 6.18 Å². The van der Waals surface area contributed by atoms with E-state index in [1.807, 2.05) is 0 Å². The minimum atomic E-state index is -4.41. The van der Waals surface area contributed by atoms with Gasteiger partial charge in [0.2, 0.25) is 0 Å². The number of benzene rings is 1. The molecule has 0 atom stereocenters. The van der Waals surface area contributed by atoms with E-state index < -0.39 is 17.6 Å². The van der Waals surface area contributed by atoms with Crippen LogP contribution in [0.5, 0.6) is 0 Å². The van der Waals surface area contributed by atoms with Gasteiger partial charge in [-0.15, -0.1) is 0 Å². The van der Waals surface area contributed by atoms with Crippen LogP contribution in [0.3, 0.4) is 0 Å². The minimum Gasteiger partial charge on any atom is -0.357 e. The number of carbonyl (C=O) groups is 1. The van der Waals surface area contributed by atoms with Gasteiger partial charge in [0, 0.05) is 24.8 Å². The Morgan fingerprint density at radius 1 is 1.07 bits per heavy atom. The fraction of sp³-hybridized carbons (Fsp3) is 0.421. The number of hydrogen-bond acceptors (Lipinski definition) is 4. The number of nitrogens with zero attached hydrogens (tertiary/aromatic N) is 3. The van der Waals surface area contributed by atoms with E-state index in [0.717, 1.165) is 38.1 Å². The summed E-state index contributed by atoms with van der Waals surface area (Å²) in [6.07, 6.45) is -2.53. The molecular weight excluding hydrogens is 357 g/mol. The molecule has 1 heterocycles. The number of alkyl halides is 3. The molecule has 2 rings (SSSR count). The van der Waals surface area contributed by atoms with E-state index in [9.17, 15) is 18.0 Å². The molecule has 1 N–H and O–H groups in total. The number of rotatable bonds is 7. The third-order valence-corrected chi connectivity index (χ3v) is 3.84. The molecule has 2 aromatic rings. The summed E-state index contributed by atoms with van der Waals surface area (Å²) in [4.78, 5) is 23.2. The summed E-state index contributed by atoms with van der Waals surface area (Å²) >= 11 is 0. The van der Waals surface area contributed by atoms with E-state index in [1.165, 1.54) is 12.1 Å². The van der Waals surface area contributed by atoms with Gasteiger partial charge in [0.25, 0.3) is 5.91 Å². The maximum atomic E-state index is 12.6. The van der Waals surface area contributed by atoms with Gasteiger partial charge >= 0.3 is 6.18 Å². The van der Waals surface area contributed by atoms with Crippen molar-refractivity contribution >= 4 is 17.4 Å². The second-order valence-corrected chi connectivity index (χ2v) is 6.17. The van der Waals surface area contributed by atoms with Crippen LogP contribution in [0.1, 0.15) is 48.6 Å². The molecule has 0 radical (unpaired) electrons. The Labute approximate surface area is 156 Å². The van der Waals surface area contributed by atoms with Crippen LogP contribution in [0.25, 0.3) is 0 Å². The second kappa shape index (κ2) is 8.83. The van der Waals surface area contributed by atoms with Gasteiger partial charge in [-0.25, -0.2) is 9.97 Å². The summed E-state index contributed by atoms with van der Waals surface area (Å²) in [5.74, 6) is 0.639. The molecule has 0 saturated heterocycles. The quantitative estimate of drug-likeness (QED) is 0.758. The summed E-state index contributed by atoms with van der Waals surface area (Å²) in [5, 5.41) is 2.58. The van der Waals surface area contributed by atoms with Gasteiger partial charge in [-0.3, -0.25) is 4.79 Å². The highest BCUT2D eigenvalue weighted by atomic mass is 19.4. The number of aromatic nitrogens is 2. The predicted molar refractivity (Wildman–Crippen MR) is 99.0 cm³/mol. The predicted octanol–water partition coefficient (Wildman–Crippen LogP) is 4.68. The molecule has 1 aromatic heterocycles. The van der Waals surface area contributed by atoms with Crippen LogP contribution in [0.15, 0.2) is 30.3 Å². The van der Waals surface area contributed by atoms with E-state index in [-0.39, 0.29) is 11.4 Å². The first-order valence-electron chi connectivity index (χ1n) is 8.83. The van der Waals surface area contributed by atoms with Gasteiger partial charge in [0.05, 0.1) is 5.56 Å². The average Bonchev–Trinajstić information content (AvgIpc) is 2.60. The molecule has 0 unspecified atom stereocenters. The Kier molecular flexibility index (Phi) is 6.76. The van der Waals surface area contributed by atoms with Crippen LogP contribution in [-0.4, -0.2) is 29.0 Å². The lowest BCUT2D eigenvalue weighted by molar-refractivity contribution is -0.137. The van der Waals surface area contributed by atoms with Crippen molar-refractivity contribution in [3.63, 3.8) is 0 Å². The van der Waals surface area contributed by atoms with Crippen LogP contribution in [0.2, 0.25) is 0 Å². The van der Waals surface area contributed by atoms with Crippen molar-refractivity contribution < 1.29 is 18.0 Å². The third-order valence-electron chi connectivity index (χ3n) is 3.84. The van der Waals surface area contributed by atoms with Gasteiger partial charge in [0.15, 0.2) is 0 Å². The van der Waals surface area contributed by atoms with Crippen molar-refractivity contribution in [2.75, 3.05) is 23.3 Å². The Bertz CT molecular complexity index is 770. The first-order valence-corrected chi connectivity index (χ1v) is 8.83. The van der Waals surface area contributed by atoms with Crippen molar-refractivity contribution in [2.45, 2.75) is 39.8 Å². The summed E-state index contributed by atoms with van der Waals surface area (Å²) in [6, 6.07) is 5.90. The maximum absolute atomic E-state index is 12.6. The molecule has 5 nitrogen and oxygen atoms in total. The summed E-state index contributed by atoms with van der Waals surface area (Å²) in [7, 11) is 0. The van der Waals surface area contributed by atoms with E-state index in [2.05, 4.69) is 34.0 Å². The fourth-order valence-electron chi connectivity index (χ4n) is 2.65. The molecule has 0 aliphatic rings. The van der Waals surface area contributed by atoms with Gasteiger partial charge < -0.3 is 10.2 Å². The Balaban J connectivity index is 2.20. The molecule has 0 bridgehead atoms. The van der Waals surface area contributed by atoms with Gasteiger partial charge in [-0.1, -0.05) is 13.8 Å². The molecule has 0 saturated carbocycles. The maximum Gasteiger partial charge on any atom is 0.416 e. The Hall–Kier alpha value is -2.64. The molecule has 1 aromatic carbocycles. The number of nitrogens with one attached hydrogen (secondary N) is 1. The number of amides is 1. The minimum absolute atomic E-state index is 0.176. The molecule has 0 aliphatic carbocycles. The normalized spacial score (nSPS) is 11.3. The van der Waals surface area contributed by atoms with Crippen molar-refractivity contribution in [1.82, 2.24) is 9.97 Å². The Morgan fingerprint density at radius 2 is 1.67 bits per heavy atom. The molecule has 0 fully saturated rings. The van der Waals surface area contributed by atoms with Crippen molar-refractivity contribution in [3.8, 4) is 0 Å². The van der Waals surface area contributed by atoms with E-state index in [0.29, 0.717) is 11.6 Å². The number of aryl methyl sites for hydroxylation is 1. The van der Waals surface area contributed by atoms with Crippen molar-refractivity contribution in [3.05, 3.63) is 47.4 Å². The number of halogens is 3. The van der Waals surface area contributed by atoms with Crippen LogP contribution in [0, 0.1) is 6.92 Å². The number of hydrogen-bond donors (Lipinski definition) is 1. The standard InChI is InChI=1S/C19H23F3N4O/c1-4-10-26(11-5-2)17-12-16(23-13(3)24-17)18(27)25-15-8-6-14(7-9-15)19(20,21)22/h6-9,12H,4-5,10-11H2,1-3H3,(H,25,27). The highest BCUT2D eigenvalue weighted by Crippen LogP contribution is 2.29. The first kappa shape index (κ1) is 20.7. The van der Waals surface area contributed by atoms with E-state index in [4.69, 9.17) is 0 Å². The second-order valence-electron chi connectivity index (χ2n) is 6.17. The molecule has 0 spiro atoms. The lowest BCUT2D eigenvalue weighted by Crippen LogP contribution is -2.27. The molecular formula is C19H23F3N4O. The summed E-state index contributed by atoms with van der Waals surface area (Å²) in [6.45, 7) is 7.45. The largest absolute Gasteiger partial charge is 0.416 e. The van der Waals surface area contributed by atoms with Crippen LogP contribution < -0.4 is 10.2 Å². The van der Waals surface area contributed by atoms with Crippen LogP contribution in [0.4, 0.5) is 24.7 Å². The lowest BCUT2D eigenvalue weighted by atomic mass is 10.2. The summed E-state index contributed by atoms with van der Waals surface area (Å²) < 4.78 is 37.9. The molecule has 146 valence electrons. The zero-order valence-electron chi connectivity index (χ0n) is 15.6. The van der Waals surface area contributed by atoms with Gasteiger partial charge in [-0.2, -0.15) is 13.2 Å². The number of anilines is 2. The van der Waals surface area contributed by atoms with Gasteiger partial charge in [-0.05, 0) is 44.0 Å². The van der Waals surface area contributed by atoms with E-state index >= 15 is 0 Å². The first-order chi connectivity index (χ1) is 12.7. The SMILES string of the molecule is CCCN(CCC)c1cc(C(=O)Nc2ccc(C(F)(F)F)cc2)nc(C)n1. The Morgan fingerprint density at radius 3 is 2.19 bits per heavy atom.